The van der Waals surface area contributed by atoms with E-state index >= 15 is 0 Å². The fourth-order valence-electron chi connectivity index (χ4n) is 3.55. The number of fused-ring (bicyclic) bond motifs is 3. The van der Waals surface area contributed by atoms with Gasteiger partial charge >= 0.3 is 0 Å². The second-order valence-electron chi connectivity index (χ2n) is 8.49. The molecule has 0 aliphatic rings. The van der Waals surface area contributed by atoms with Gasteiger partial charge in [0, 0.05) is 23.0 Å². The van der Waals surface area contributed by atoms with E-state index in [9.17, 15) is 0 Å². The highest BCUT2D eigenvalue weighted by molar-refractivity contribution is 7.19. The number of halogens is 1. The van der Waals surface area contributed by atoms with Crippen LogP contribution in [0.3, 0.4) is 0 Å². The van der Waals surface area contributed by atoms with E-state index in [0.29, 0.717) is 10.8 Å². The minimum absolute atomic E-state index is 0.128. The molecular weight excluding hydrogens is 428 g/mol. The van der Waals surface area contributed by atoms with E-state index < -0.39 is 0 Å². The number of anilines is 2. The topological polar surface area (TPSA) is 59.2 Å². The highest BCUT2D eigenvalue weighted by atomic mass is 35.5. The van der Waals surface area contributed by atoms with Crippen molar-refractivity contribution in [2.45, 2.75) is 26.2 Å². The molecule has 0 aliphatic heterocycles. The average molecular weight is 449 g/mol. The third kappa shape index (κ3) is 3.54. The Morgan fingerprint density at radius 2 is 1.84 bits per heavy atom. The lowest BCUT2D eigenvalue weighted by molar-refractivity contribution is 0.590. The van der Waals surface area contributed by atoms with Crippen molar-refractivity contribution in [2.24, 2.45) is 0 Å². The summed E-state index contributed by atoms with van der Waals surface area (Å²) in [5.74, 6) is 1.31. The molecule has 0 amide bonds. The van der Waals surface area contributed by atoms with Gasteiger partial charge in [0.15, 0.2) is 0 Å². The van der Waals surface area contributed by atoms with Crippen LogP contribution in [0.15, 0.2) is 55.0 Å². The summed E-state index contributed by atoms with van der Waals surface area (Å²) in [5, 5.41) is 11.7. The van der Waals surface area contributed by atoms with Crippen molar-refractivity contribution in [1.82, 2.24) is 24.6 Å². The molecule has 0 saturated heterocycles. The van der Waals surface area contributed by atoms with Crippen LogP contribution in [0.2, 0.25) is 5.02 Å². The van der Waals surface area contributed by atoms with Gasteiger partial charge in [-0.25, -0.2) is 4.98 Å². The largest absolute Gasteiger partial charge is 0.319 e. The molecule has 156 valence electrons. The minimum Gasteiger partial charge on any atom is -0.319 e. The summed E-state index contributed by atoms with van der Waals surface area (Å²) in [6.45, 7) is 6.65. The maximum Gasteiger partial charge on any atom is 0.257 e. The predicted octanol–water partition coefficient (Wildman–Crippen LogP) is 6.12. The van der Waals surface area contributed by atoms with Crippen molar-refractivity contribution in [2.75, 3.05) is 11.9 Å². The molecule has 0 radical (unpaired) electrons. The number of benzene rings is 2. The first kappa shape index (κ1) is 19.9. The molecule has 5 rings (SSSR count). The molecule has 5 aromatic rings. The maximum atomic E-state index is 6.25. The minimum atomic E-state index is 0.128. The number of hydrogen-bond acceptors (Lipinski definition) is 6. The molecule has 3 heterocycles. The fraction of sp³-hybridized carbons (Fsp3) is 0.217. The van der Waals surface area contributed by atoms with Gasteiger partial charge < -0.3 is 4.90 Å². The van der Waals surface area contributed by atoms with Gasteiger partial charge in [0.05, 0.1) is 11.7 Å². The van der Waals surface area contributed by atoms with E-state index in [1.54, 1.807) is 17.7 Å². The molecule has 3 aromatic heterocycles. The summed E-state index contributed by atoms with van der Waals surface area (Å²) in [6.07, 6.45) is 3.53. The summed E-state index contributed by atoms with van der Waals surface area (Å²) in [4.78, 5) is 11.4. The van der Waals surface area contributed by atoms with E-state index in [1.807, 2.05) is 40.7 Å². The number of thiazole rings is 1. The zero-order chi connectivity index (χ0) is 21.8. The Hall–Kier alpha value is -3.03. The Morgan fingerprint density at radius 3 is 2.58 bits per heavy atom. The highest BCUT2D eigenvalue weighted by Crippen LogP contribution is 2.37. The van der Waals surface area contributed by atoms with Crippen LogP contribution in [0.25, 0.3) is 27.3 Å². The van der Waals surface area contributed by atoms with E-state index in [1.165, 1.54) is 5.56 Å². The Bertz CT molecular complexity index is 1400. The SMILES string of the molecule is CN(c1cnc(-c2ccc(C(C)(C)C)cc2)s1)c1nc2nncn2c2cc(Cl)ccc12. The third-order valence-corrected chi connectivity index (χ3v) is 6.69. The molecule has 6 nitrogen and oxygen atoms in total. The molecular formula is C23H21ClN6S. The van der Waals surface area contributed by atoms with E-state index in [4.69, 9.17) is 16.6 Å². The van der Waals surface area contributed by atoms with E-state index in [0.717, 1.165) is 32.3 Å². The second-order valence-corrected chi connectivity index (χ2v) is 9.93. The lowest BCUT2D eigenvalue weighted by atomic mass is 9.87. The summed E-state index contributed by atoms with van der Waals surface area (Å²) >= 11 is 7.88. The van der Waals surface area contributed by atoms with Gasteiger partial charge in [0.2, 0.25) is 0 Å². The number of nitrogens with zero attached hydrogens (tertiary/aromatic N) is 6. The van der Waals surface area contributed by atoms with Crippen LogP contribution in [0.5, 0.6) is 0 Å². The van der Waals surface area contributed by atoms with Crippen molar-refractivity contribution in [3.63, 3.8) is 0 Å². The number of hydrogen-bond donors (Lipinski definition) is 0. The first-order chi connectivity index (χ1) is 14.8. The van der Waals surface area contributed by atoms with Crippen molar-refractivity contribution < 1.29 is 0 Å². The smallest absolute Gasteiger partial charge is 0.257 e. The molecule has 0 fully saturated rings. The molecule has 31 heavy (non-hydrogen) atoms. The van der Waals surface area contributed by atoms with Gasteiger partial charge in [-0.05, 0) is 29.2 Å². The molecule has 0 aliphatic carbocycles. The van der Waals surface area contributed by atoms with Crippen LogP contribution in [0, 0.1) is 0 Å². The van der Waals surface area contributed by atoms with Gasteiger partial charge in [0.25, 0.3) is 5.78 Å². The summed E-state index contributed by atoms with van der Waals surface area (Å²) < 4.78 is 1.84. The fourth-order valence-corrected chi connectivity index (χ4v) is 4.60. The van der Waals surface area contributed by atoms with E-state index in [2.05, 4.69) is 60.2 Å². The third-order valence-electron chi connectivity index (χ3n) is 5.34. The Labute approximate surface area is 189 Å². The van der Waals surface area contributed by atoms with Crippen LogP contribution >= 0.6 is 22.9 Å². The molecule has 0 N–H and O–H groups in total. The number of aromatic nitrogens is 5. The molecule has 0 bridgehead atoms. The van der Waals surface area contributed by atoms with Gasteiger partial charge in [-0.2, -0.15) is 4.98 Å². The first-order valence-electron chi connectivity index (χ1n) is 9.91. The number of rotatable bonds is 3. The standard InChI is InChI=1S/C23H21ClN6S/c1-23(2,3)15-7-5-14(6-8-15)21-25-12-19(31-21)29(4)20-17-10-9-16(24)11-18(17)30-13-26-28-22(30)27-20/h5-13H,1-4H3. The first-order valence-corrected chi connectivity index (χ1v) is 11.1. The predicted molar refractivity (Wildman–Crippen MR) is 128 cm³/mol. The van der Waals surface area contributed by atoms with Crippen LogP contribution in [-0.4, -0.2) is 31.6 Å². The van der Waals surface area contributed by atoms with Gasteiger partial charge in [-0.1, -0.05) is 68.0 Å². The Kier molecular flexibility index (Phi) is 4.68. The van der Waals surface area contributed by atoms with Crippen molar-refractivity contribution >= 4 is 50.4 Å². The van der Waals surface area contributed by atoms with Gasteiger partial charge in [-0.15, -0.1) is 10.2 Å². The van der Waals surface area contributed by atoms with Crippen molar-refractivity contribution in [1.29, 1.82) is 0 Å². The normalized spacial score (nSPS) is 12.0. The molecule has 2 aromatic carbocycles. The zero-order valence-electron chi connectivity index (χ0n) is 17.7. The highest BCUT2D eigenvalue weighted by Gasteiger charge is 2.18. The monoisotopic (exact) mass is 448 g/mol. The zero-order valence-corrected chi connectivity index (χ0v) is 19.2. The molecule has 0 unspecified atom stereocenters. The lowest BCUT2D eigenvalue weighted by Gasteiger charge is -2.19. The van der Waals surface area contributed by atoms with Crippen molar-refractivity contribution in [3.05, 3.63) is 65.6 Å². The Morgan fingerprint density at radius 1 is 1.06 bits per heavy atom. The van der Waals surface area contributed by atoms with Crippen LogP contribution < -0.4 is 4.90 Å². The van der Waals surface area contributed by atoms with Gasteiger partial charge in [0.1, 0.15) is 22.2 Å². The summed E-state index contributed by atoms with van der Waals surface area (Å²) in [5.41, 5.74) is 3.45. The second kappa shape index (κ2) is 7.28. The van der Waals surface area contributed by atoms with Gasteiger partial charge in [-0.3, -0.25) is 4.40 Å². The molecule has 0 atom stereocenters. The average Bonchev–Trinajstić information content (AvgIpc) is 3.42. The van der Waals surface area contributed by atoms with Crippen LogP contribution in [0.4, 0.5) is 10.8 Å². The summed E-state index contributed by atoms with van der Waals surface area (Å²) in [7, 11) is 1.99. The van der Waals surface area contributed by atoms with E-state index in [-0.39, 0.29) is 5.41 Å². The molecule has 0 saturated carbocycles. The molecule has 0 spiro atoms. The van der Waals surface area contributed by atoms with Crippen LogP contribution in [0.1, 0.15) is 26.3 Å². The molecule has 8 heteroatoms. The van der Waals surface area contributed by atoms with Crippen LogP contribution in [-0.2, 0) is 5.41 Å². The van der Waals surface area contributed by atoms with Crippen molar-refractivity contribution in [3.8, 4) is 10.6 Å². The lowest BCUT2D eigenvalue weighted by Crippen LogP contribution is -2.11. The maximum absolute atomic E-state index is 6.25. The quantitative estimate of drug-likeness (QED) is 0.332. The Balaban J connectivity index is 1.55. The summed E-state index contributed by atoms with van der Waals surface area (Å²) in [6, 6.07) is 14.4.